The van der Waals surface area contributed by atoms with Gasteiger partial charge in [0.05, 0.1) is 29.4 Å². The summed E-state index contributed by atoms with van der Waals surface area (Å²) >= 11 is 0. The summed E-state index contributed by atoms with van der Waals surface area (Å²) < 4.78 is 34.5. The Labute approximate surface area is 205 Å². The van der Waals surface area contributed by atoms with E-state index in [2.05, 4.69) is 15.3 Å². The number of benzene rings is 2. The van der Waals surface area contributed by atoms with E-state index in [0.717, 1.165) is 44.7 Å². The molecule has 0 spiro atoms. The van der Waals surface area contributed by atoms with E-state index in [0.29, 0.717) is 35.7 Å². The Morgan fingerprint density at radius 1 is 1.03 bits per heavy atom. The van der Waals surface area contributed by atoms with Crippen LogP contribution in [0.2, 0.25) is 0 Å². The van der Waals surface area contributed by atoms with Gasteiger partial charge in [-0.2, -0.15) is 4.31 Å². The Morgan fingerprint density at radius 3 is 2.63 bits per heavy atom. The van der Waals surface area contributed by atoms with Crippen molar-refractivity contribution in [1.82, 2.24) is 14.3 Å². The van der Waals surface area contributed by atoms with E-state index in [9.17, 15) is 8.42 Å². The van der Waals surface area contributed by atoms with Crippen LogP contribution in [0.25, 0.3) is 10.9 Å². The maximum Gasteiger partial charge on any atom is 0.243 e. The molecule has 0 saturated carbocycles. The lowest BCUT2D eigenvalue weighted by molar-refractivity contribution is 0.390. The molecule has 3 heterocycles. The summed E-state index contributed by atoms with van der Waals surface area (Å²) in [4.78, 5) is 9.44. The first-order chi connectivity index (χ1) is 16.8. The second kappa shape index (κ2) is 8.94. The van der Waals surface area contributed by atoms with Gasteiger partial charge in [0.15, 0.2) is 0 Å². The van der Waals surface area contributed by atoms with Crippen LogP contribution in [0.4, 0.5) is 11.5 Å². The second-order valence-corrected chi connectivity index (χ2v) is 10.8. The number of sulfonamides is 1. The van der Waals surface area contributed by atoms with Crippen molar-refractivity contribution in [2.24, 2.45) is 0 Å². The van der Waals surface area contributed by atoms with Crippen LogP contribution in [0.3, 0.4) is 0 Å². The number of ether oxygens (including phenoxy) is 1. The van der Waals surface area contributed by atoms with Gasteiger partial charge in [-0.3, -0.25) is 4.98 Å². The van der Waals surface area contributed by atoms with Crippen LogP contribution in [0.15, 0.2) is 59.8 Å². The lowest BCUT2D eigenvalue weighted by Crippen LogP contribution is -2.37. The highest BCUT2D eigenvalue weighted by atomic mass is 32.2. The zero-order valence-corrected chi connectivity index (χ0v) is 21.1. The number of rotatable bonds is 5. The molecule has 0 unspecified atom stereocenters. The molecule has 0 radical (unpaired) electrons. The van der Waals surface area contributed by atoms with Crippen molar-refractivity contribution in [2.75, 3.05) is 19.0 Å². The number of hydrogen-bond acceptors (Lipinski definition) is 6. The molecule has 0 aliphatic carbocycles. The van der Waals surface area contributed by atoms with E-state index in [-0.39, 0.29) is 0 Å². The van der Waals surface area contributed by atoms with Crippen LogP contribution in [0.5, 0.6) is 5.75 Å². The molecule has 180 valence electrons. The SMILES string of the molecule is COc1cc(C)c(S(=O)(=O)N2CCc3c(ccnc3Nc3cnc4ccccc4c3)C2)c(C)c1C. The number of fused-ring (bicyclic) bond motifs is 2. The van der Waals surface area contributed by atoms with Gasteiger partial charge in [-0.15, -0.1) is 0 Å². The summed E-state index contributed by atoms with van der Waals surface area (Å²) in [5.74, 6) is 1.44. The normalized spacial score (nSPS) is 14.1. The summed E-state index contributed by atoms with van der Waals surface area (Å²) in [5, 5.41) is 4.43. The first-order valence-electron chi connectivity index (χ1n) is 11.5. The summed E-state index contributed by atoms with van der Waals surface area (Å²) in [6, 6.07) is 13.7. The topological polar surface area (TPSA) is 84.4 Å². The van der Waals surface area contributed by atoms with Crippen molar-refractivity contribution in [3.05, 3.63) is 82.7 Å². The van der Waals surface area contributed by atoms with E-state index in [1.165, 1.54) is 0 Å². The molecule has 1 aliphatic rings. The number of anilines is 2. The highest BCUT2D eigenvalue weighted by molar-refractivity contribution is 7.89. The predicted octanol–water partition coefficient (Wildman–Crippen LogP) is 5.05. The molecule has 0 fully saturated rings. The Morgan fingerprint density at radius 2 is 1.83 bits per heavy atom. The van der Waals surface area contributed by atoms with E-state index in [4.69, 9.17) is 4.74 Å². The quantitative estimate of drug-likeness (QED) is 0.423. The minimum Gasteiger partial charge on any atom is -0.496 e. The van der Waals surface area contributed by atoms with Gasteiger partial charge in [0.2, 0.25) is 10.0 Å². The first-order valence-corrected chi connectivity index (χ1v) is 13.0. The van der Waals surface area contributed by atoms with E-state index in [1.807, 2.05) is 57.2 Å². The Balaban J connectivity index is 1.45. The standard InChI is InChI=1S/C27H28N4O3S/c1-17-13-25(34-4)18(2)19(3)26(17)35(32,33)31-12-10-23-21(16-31)9-11-28-27(23)30-22-14-20-7-5-6-8-24(20)29-15-22/h5-9,11,13-15H,10,12,16H2,1-4H3,(H,28,30). The summed E-state index contributed by atoms with van der Waals surface area (Å²) in [6.07, 6.45) is 4.08. The molecule has 4 aromatic rings. The number of para-hydroxylation sites is 1. The highest BCUT2D eigenvalue weighted by Crippen LogP contribution is 2.35. The fraction of sp³-hybridized carbons (Fsp3) is 0.259. The van der Waals surface area contributed by atoms with Crippen LogP contribution in [-0.4, -0.2) is 36.3 Å². The van der Waals surface area contributed by atoms with Crippen LogP contribution in [0.1, 0.15) is 27.8 Å². The molecule has 2 aromatic carbocycles. The van der Waals surface area contributed by atoms with Crippen LogP contribution >= 0.6 is 0 Å². The molecule has 5 rings (SSSR count). The average molecular weight is 489 g/mol. The summed E-state index contributed by atoms with van der Waals surface area (Å²) in [5.41, 5.74) is 6.03. The lowest BCUT2D eigenvalue weighted by atomic mass is 10.0. The third-order valence-corrected chi connectivity index (χ3v) is 8.90. The van der Waals surface area contributed by atoms with Gasteiger partial charge in [-0.05, 0) is 73.7 Å². The number of aryl methyl sites for hydroxylation is 1. The van der Waals surface area contributed by atoms with Crippen molar-refractivity contribution < 1.29 is 13.2 Å². The Bertz CT molecular complexity index is 1550. The smallest absolute Gasteiger partial charge is 0.243 e. The van der Waals surface area contributed by atoms with Crippen molar-refractivity contribution in [3.8, 4) is 5.75 Å². The number of nitrogens with one attached hydrogen (secondary N) is 1. The maximum atomic E-state index is 13.7. The second-order valence-electron chi connectivity index (χ2n) is 8.90. The molecule has 35 heavy (non-hydrogen) atoms. The van der Waals surface area contributed by atoms with Gasteiger partial charge in [0, 0.05) is 30.2 Å². The third kappa shape index (κ3) is 4.13. The van der Waals surface area contributed by atoms with Crippen LogP contribution in [-0.2, 0) is 23.0 Å². The van der Waals surface area contributed by atoms with E-state index in [1.54, 1.807) is 29.9 Å². The highest BCUT2D eigenvalue weighted by Gasteiger charge is 2.32. The van der Waals surface area contributed by atoms with Crippen LogP contribution < -0.4 is 10.1 Å². The summed E-state index contributed by atoms with van der Waals surface area (Å²) in [6.45, 7) is 6.25. The van der Waals surface area contributed by atoms with Crippen molar-refractivity contribution >= 4 is 32.4 Å². The van der Waals surface area contributed by atoms with E-state index < -0.39 is 10.0 Å². The van der Waals surface area contributed by atoms with Gasteiger partial charge in [0.25, 0.3) is 0 Å². The minimum atomic E-state index is -3.68. The first kappa shape index (κ1) is 23.3. The number of hydrogen-bond donors (Lipinski definition) is 1. The fourth-order valence-corrected chi connectivity index (χ4v) is 6.72. The molecule has 8 heteroatoms. The predicted molar refractivity (Wildman–Crippen MR) is 138 cm³/mol. The van der Waals surface area contributed by atoms with E-state index >= 15 is 0 Å². The molecule has 1 aliphatic heterocycles. The lowest BCUT2D eigenvalue weighted by Gasteiger charge is -2.30. The molecule has 2 aromatic heterocycles. The number of aromatic nitrogens is 2. The molecular formula is C27H28N4O3S. The molecule has 0 bridgehead atoms. The number of methoxy groups -OCH3 is 1. The van der Waals surface area contributed by atoms with Gasteiger partial charge in [-0.1, -0.05) is 18.2 Å². The molecule has 1 N–H and O–H groups in total. The van der Waals surface area contributed by atoms with Crippen molar-refractivity contribution in [3.63, 3.8) is 0 Å². The van der Waals surface area contributed by atoms with Crippen molar-refractivity contribution in [1.29, 1.82) is 0 Å². The summed E-state index contributed by atoms with van der Waals surface area (Å²) in [7, 11) is -2.08. The molecule has 0 saturated heterocycles. The Kier molecular flexibility index (Phi) is 5.94. The van der Waals surface area contributed by atoms with Gasteiger partial charge in [0.1, 0.15) is 11.6 Å². The van der Waals surface area contributed by atoms with Crippen molar-refractivity contribution in [2.45, 2.75) is 38.6 Å². The number of pyridine rings is 2. The van der Waals surface area contributed by atoms with Gasteiger partial charge in [-0.25, -0.2) is 13.4 Å². The Hall–Kier alpha value is -3.49. The molecule has 0 amide bonds. The van der Waals surface area contributed by atoms with Crippen LogP contribution in [0, 0.1) is 20.8 Å². The third-order valence-electron chi connectivity index (χ3n) is 6.76. The van der Waals surface area contributed by atoms with Gasteiger partial charge < -0.3 is 10.1 Å². The zero-order chi connectivity index (χ0) is 24.7. The molecule has 7 nitrogen and oxygen atoms in total. The minimum absolute atomic E-state index is 0.300. The fourth-order valence-electron chi connectivity index (χ4n) is 4.81. The number of nitrogens with zero attached hydrogens (tertiary/aromatic N) is 3. The monoisotopic (exact) mass is 488 g/mol. The largest absolute Gasteiger partial charge is 0.496 e. The zero-order valence-electron chi connectivity index (χ0n) is 20.3. The molecule has 0 atom stereocenters. The maximum absolute atomic E-state index is 13.7. The molecular weight excluding hydrogens is 460 g/mol. The average Bonchev–Trinajstić information content (AvgIpc) is 2.86. The van der Waals surface area contributed by atoms with Gasteiger partial charge >= 0.3 is 0 Å².